The Morgan fingerprint density at radius 3 is 2.76 bits per heavy atom. The summed E-state index contributed by atoms with van der Waals surface area (Å²) >= 11 is 5.89. The van der Waals surface area contributed by atoms with Gasteiger partial charge in [-0.25, -0.2) is 5.43 Å². The van der Waals surface area contributed by atoms with Crippen molar-refractivity contribution in [1.29, 1.82) is 0 Å². The van der Waals surface area contributed by atoms with Crippen LogP contribution in [-0.2, 0) is 6.61 Å². The number of nitrogens with zero attached hydrogens (tertiary/aromatic N) is 1. The molecule has 0 fully saturated rings. The van der Waals surface area contributed by atoms with Crippen LogP contribution in [0.25, 0.3) is 0 Å². The molecule has 0 aliphatic carbocycles. The average molecular weight is 409 g/mol. The first-order chi connectivity index (χ1) is 14.2. The fraction of sp³-hybridized carbons (Fsp3) is 0.0909. The van der Waals surface area contributed by atoms with Crippen molar-refractivity contribution in [1.82, 2.24) is 5.43 Å². The maximum Gasteiger partial charge on any atom is 0.271 e. The molecule has 29 heavy (non-hydrogen) atoms. The second kappa shape index (κ2) is 8.67. The molecule has 0 atom stereocenters. The van der Waals surface area contributed by atoms with Crippen molar-refractivity contribution >= 4 is 23.7 Å². The number of hydrazone groups is 1. The highest BCUT2D eigenvalue weighted by Gasteiger charge is 2.15. The summed E-state index contributed by atoms with van der Waals surface area (Å²) in [6.45, 7) is 0.591. The smallest absolute Gasteiger partial charge is 0.271 e. The monoisotopic (exact) mass is 408 g/mol. The van der Waals surface area contributed by atoms with Crippen LogP contribution in [0.3, 0.4) is 0 Å². The molecule has 0 spiro atoms. The Morgan fingerprint density at radius 1 is 1.07 bits per heavy atom. The molecule has 0 unspecified atom stereocenters. The number of fused-ring (bicyclic) bond motifs is 1. The SMILES string of the molecule is O=C(N/N=C\c1cccc(OCc2ccc(Cl)cc2)c1)c1ccc2c(c1)OCO2. The fourth-order valence-corrected chi connectivity index (χ4v) is 2.83. The summed E-state index contributed by atoms with van der Waals surface area (Å²) in [6, 6.07) is 19.9. The molecule has 1 aliphatic heterocycles. The summed E-state index contributed by atoms with van der Waals surface area (Å²) in [4.78, 5) is 12.2. The molecule has 1 aliphatic rings. The van der Waals surface area contributed by atoms with Gasteiger partial charge in [0, 0.05) is 10.6 Å². The van der Waals surface area contributed by atoms with E-state index in [9.17, 15) is 4.79 Å². The molecule has 146 valence electrons. The fourth-order valence-electron chi connectivity index (χ4n) is 2.70. The van der Waals surface area contributed by atoms with Gasteiger partial charge in [-0.1, -0.05) is 35.9 Å². The van der Waals surface area contributed by atoms with E-state index in [2.05, 4.69) is 10.5 Å². The number of carbonyl (C=O) groups excluding carboxylic acids is 1. The Hall–Kier alpha value is -3.51. The zero-order chi connectivity index (χ0) is 20.1. The molecular weight excluding hydrogens is 392 g/mol. The lowest BCUT2D eigenvalue weighted by Gasteiger charge is -2.07. The van der Waals surface area contributed by atoms with Gasteiger partial charge in [-0.2, -0.15) is 5.10 Å². The number of carbonyl (C=O) groups is 1. The number of ether oxygens (including phenoxy) is 3. The van der Waals surface area contributed by atoms with Crippen molar-refractivity contribution in [2.45, 2.75) is 6.61 Å². The minimum atomic E-state index is -0.338. The summed E-state index contributed by atoms with van der Waals surface area (Å²) in [5.74, 6) is 1.54. The highest BCUT2D eigenvalue weighted by atomic mass is 35.5. The van der Waals surface area contributed by atoms with Gasteiger partial charge in [0.15, 0.2) is 11.5 Å². The van der Waals surface area contributed by atoms with Crippen molar-refractivity contribution in [3.05, 3.63) is 88.4 Å². The zero-order valence-corrected chi connectivity index (χ0v) is 16.1. The van der Waals surface area contributed by atoms with Crippen molar-refractivity contribution in [3.8, 4) is 17.2 Å². The molecule has 1 heterocycles. The molecule has 4 rings (SSSR count). The molecule has 0 radical (unpaired) electrons. The lowest BCUT2D eigenvalue weighted by atomic mass is 10.2. The molecule has 0 saturated carbocycles. The number of halogens is 1. The molecule has 7 heteroatoms. The average Bonchev–Trinajstić information content (AvgIpc) is 3.21. The van der Waals surface area contributed by atoms with Crippen LogP contribution in [0, 0.1) is 0 Å². The van der Waals surface area contributed by atoms with Gasteiger partial charge in [0.2, 0.25) is 6.79 Å². The minimum Gasteiger partial charge on any atom is -0.489 e. The topological polar surface area (TPSA) is 69.2 Å². The lowest BCUT2D eigenvalue weighted by molar-refractivity contribution is 0.0954. The molecule has 1 amide bonds. The van der Waals surface area contributed by atoms with Crippen LogP contribution in [0.2, 0.25) is 5.02 Å². The van der Waals surface area contributed by atoms with E-state index in [0.29, 0.717) is 34.4 Å². The van der Waals surface area contributed by atoms with Gasteiger partial charge in [-0.15, -0.1) is 0 Å². The van der Waals surface area contributed by atoms with E-state index in [1.54, 1.807) is 24.4 Å². The Balaban J connectivity index is 1.34. The maximum atomic E-state index is 12.2. The molecular formula is C22H17ClN2O4. The first-order valence-electron chi connectivity index (χ1n) is 8.88. The van der Waals surface area contributed by atoms with E-state index in [1.165, 1.54) is 0 Å². The standard InChI is InChI=1S/C22H17ClN2O4/c23-18-7-4-15(5-8-18)13-27-19-3-1-2-16(10-19)12-24-25-22(26)17-6-9-20-21(11-17)29-14-28-20/h1-12H,13-14H2,(H,25,26)/b24-12-. The van der Waals surface area contributed by atoms with Gasteiger partial charge in [0.25, 0.3) is 5.91 Å². The molecule has 1 N–H and O–H groups in total. The first-order valence-corrected chi connectivity index (χ1v) is 9.25. The number of nitrogens with one attached hydrogen (secondary N) is 1. The Bertz CT molecular complexity index is 1050. The van der Waals surface area contributed by atoms with Crippen molar-refractivity contribution in [3.63, 3.8) is 0 Å². The largest absolute Gasteiger partial charge is 0.489 e. The third-order valence-electron chi connectivity index (χ3n) is 4.19. The number of hydrogen-bond acceptors (Lipinski definition) is 5. The summed E-state index contributed by atoms with van der Waals surface area (Å²) in [7, 11) is 0. The van der Waals surface area contributed by atoms with Gasteiger partial charge in [-0.05, 0) is 53.6 Å². The molecule has 3 aromatic rings. The summed E-state index contributed by atoms with van der Waals surface area (Å²) in [6.07, 6.45) is 1.56. The first kappa shape index (κ1) is 18.8. The van der Waals surface area contributed by atoms with Crippen LogP contribution in [0.15, 0.2) is 71.8 Å². The molecule has 0 bridgehead atoms. The van der Waals surface area contributed by atoms with E-state index >= 15 is 0 Å². The zero-order valence-electron chi connectivity index (χ0n) is 15.3. The Labute approximate surface area is 172 Å². The normalized spacial score (nSPS) is 12.2. The van der Waals surface area contributed by atoms with E-state index in [4.69, 9.17) is 25.8 Å². The molecule has 0 saturated heterocycles. The number of benzene rings is 3. The predicted molar refractivity (Wildman–Crippen MR) is 110 cm³/mol. The van der Waals surface area contributed by atoms with Crippen LogP contribution in [0.5, 0.6) is 17.2 Å². The summed E-state index contributed by atoms with van der Waals surface area (Å²) in [5.41, 5.74) is 4.75. The van der Waals surface area contributed by atoms with Crippen LogP contribution < -0.4 is 19.6 Å². The van der Waals surface area contributed by atoms with Gasteiger partial charge in [0.05, 0.1) is 6.21 Å². The van der Waals surface area contributed by atoms with Crippen molar-refractivity contribution in [2.24, 2.45) is 5.10 Å². The minimum absolute atomic E-state index is 0.162. The number of amides is 1. The van der Waals surface area contributed by atoms with E-state index in [0.717, 1.165) is 11.1 Å². The lowest BCUT2D eigenvalue weighted by Crippen LogP contribution is -2.17. The van der Waals surface area contributed by atoms with Crippen LogP contribution >= 0.6 is 11.6 Å². The third-order valence-corrected chi connectivity index (χ3v) is 4.44. The highest BCUT2D eigenvalue weighted by molar-refractivity contribution is 6.30. The predicted octanol–water partition coefficient (Wildman–Crippen LogP) is 4.41. The quantitative estimate of drug-likeness (QED) is 0.484. The Morgan fingerprint density at radius 2 is 1.90 bits per heavy atom. The molecule has 0 aromatic heterocycles. The second-order valence-corrected chi connectivity index (χ2v) is 6.69. The van der Waals surface area contributed by atoms with Crippen molar-refractivity contribution < 1.29 is 19.0 Å². The van der Waals surface area contributed by atoms with Gasteiger partial charge < -0.3 is 14.2 Å². The van der Waals surface area contributed by atoms with E-state index in [-0.39, 0.29) is 12.7 Å². The maximum absolute atomic E-state index is 12.2. The third kappa shape index (κ3) is 4.86. The van der Waals surface area contributed by atoms with E-state index < -0.39 is 0 Å². The second-order valence-electron chi connectivity index (χ2n) is 6.25. The van der Waals surface area contributed by atoms with E-state index in [1.807, 2.05) is 48.5 Å². The number of hydrogen-bond donors (Lipinski definition) is 1. The molecule has 6 nitrogen and oxygen atoms in total. The Kier molecular flexibility index (Phi) is 5.63. The van der Waals surface area contributed by atoms with Gasteiger partial charge in [0.1, 0.15) is 12.4 Å². The molecule has 3 aromatic carbocycles. The summed E-state index contributed by atoms with van der Waals surface area (Å²) in [5, 5.41) is 4.70. The van der Waals surface area contributed by atoms with Gasteiger partial charge >= 0.3 is 0 Å². The summed E-state index contributed by atoms with van der Waals surface area (Å²) < 4.78 is 16.3. The highest BCUT2D eigenvalue weighted by Crippen LogP contribution is 2.32. The van der Waals surface area contributed by atoms with Crippen LogP contribution in [-0.4, -0.2) is 18.9 Å². The van der Waals surface area contributed by atoms with Crippen LogP contribution in [0.1, 0.15) is 21.5 Å². The van der Waals surface area contributed by atoms with Crippen LogP contribution in [0.4, 0.5) is 0 Å². The van der Waals surface area contributed by atoms with Crippen molar-refractivity contribution in [2.75, 3.05) is 6.79 Å². The van der Waals surface area contributed by atoms with Gasteiger partial charge in [-0.3, -0.25) is 4.79 Å². The number of rotatable bonds is 6.